The molecule has 0 aromatic heterocycles. The van der Waals surface area contributed by atoms with Crippen molar-refractivity contribution in [3.05, 3.63) is 101 Å². The van der Waals surface area contributed by atoms with Gasteiger partial charge in [-0.3, -0.25) is 4.18 Å². The van der Waals surface area contributed by atoms with Crippen molar-refractivity contribution in [2.45, 2.75) is 10.5 Å². The summed E-state index contributed by atoms with van der Waals surface area (Å²) in [6, 6.07) is 23.8. The summed E-state index contributed by atoms with van der Waals surface area (Å²) in [7, 11) is 0. The molecule has 3 aromatic carbocycles. The maximum absolute atomic E-state index is 12.8. The van der Waals surface area contributed by atoms with Crippen LogP contribution in [0.5, 0.6) is 0 Å². The number of aromatic carboxylic acids is 1. The first-order chi connectivity index (χ1) is 12.1. The normalized spacial score (nSPS) is 17.8. The number of hydrogen-bond donors (Lipinski definition) is 1. The molecule has 1 atom stereocenters. The molecule has 0 fully saturated rings. The topological polar surface area (TPSA) is 63.6 Å². The van der Waals surface area contributed by atoms with E-state index < -0.39 is 22.7 Å². The number of rotatable bonds is 3. The lowest BCUT2D eigenvalue weighted by molar-refractivity contribution is 0.0692. The van der Waals surface area contributed by atoms with Crippen LogP contribution in [0.25, 0.3) is 0 Å². The third-order valence-electron chi connectivity index (χ3n) is 4.35. The molecule has 0 radical (unpaired) electrons. The van der Waals surface area contributed by atoms with Crippen molar-refractivity contribution >= 4 is 17.0 Å². The molecular formula is C20H14O4S. The van der Waals surface area contributed by atoms with Crippen molar-refractivity contribution in [2.75, 3.05) is 0 Å². The molecule has 0 saturated carbocycles. The minimum absolute atomic E-state index is 0.00423. The van der Waals surface area contributed by atoms with Crippen LogP contribution in [0.4, 0.5) is 0 Å². The average molecular weight is 350 g/mol. The SMILES string of the molecule is O=C(O)c1cccc2c1S(=O)OC2(c1ccccc1)c1ccccc1. The molecule has 124 valence electrons. The molecule has 0 spiro atoms. The van der Waals surface area contributed by atoms with E-state index in [0.29, 0.717) is 5.56 Å². The fourth-order valence-electron chi connectivity index (χ4n) is 3.28. The predicted molar refractivity (Wildman–Crippen MR) is 93.7 cm³/mol. The second-order valence-electron chi connectivity index (χ2n) is 5.72. The second-order valence-corrected chi connectivity index (χ2v) is 6.76. The average Bonchev–Trinajstić information content (AvgIpc) is 2.97. The van der Waals surface area contributed by atoms with E-state index >= 15 is 0 Å². The zero-order valence-electron chi connectivity index (χ0n) is 13.1. The van der Waals surface area contributed by atoms with Crippen molar-refractivity contribution < 1.29 is 18.3 Å². The van der Waals surface area contributed by atoms with Crippen LogP contribution in [0.15, 0.2) is 83.8 Å². The van der Waals surface area contributed by atoms with Crippen molar-refractivity contribution in [1.82, 2.24) is 0 Å². The van der Waals surface area contributed by atoms with Gasteiger partial charge in [-0.2, -0.15) is 0 Å². The lowest BCUT2D eigenvalue weighted by Gasteiger charge is -2.29. The Hall–Kier alpha value is -2.76. The third kappa shape index (κ3) is 2.32. The minimum Gasteiger partial charge on any atom is -0.478 e. The molecule has 0 saturated heterocycles. The van der Waals surface area contributed by atoms with Crippen molar-refractivity contribution in [2.24, 2.45) is 0 Å². The summed E-state index contributed by atoms with van der Waals surface area (Å²) < 4.78 is 18.8. The Morgan fingerprint density at radius 1 is 0.840 bits per heavy atom. The fraction of sp³-hybridized carbons (Fsp3) is 0.0500. The molecule has 0 aliphatic carbocycles. The lowest BCUT2D eigenvalue weighted by Crippen LogP contribution is -2.28. The molecule has 1 aliphatic rings. The van der Waals surface area contributed by atoms with E-state index in [1.807, 2.05) is 60.7 Å². The van der Waals surface area contributed by atoms with E-state index in [0.717, 1.165) is 11.1 Å². The number of carboxylic acid groups (broad SMARTS) is 1. The fourth-order valence-corrected chi connectivity index (χ4v) is 4.60. The van der Waals surface area contributed by atoms with Crippen LogP contribution in [0.2, 0.25) is 0 Å². The largest absolute Gasteiger partial charge is 0.478 e. The smallest absolute Gasteiger partial charge is 0.337 e. The highest BCUT2D eigenvalue weighted by atomic mass is 32.2. The Bertz CT molecular complexity index is 928. The summed E-state index contributed by atoms with van der Waals surface area (Å²) in [5.41, 5.74) is 1.10. The summed E-state index contributed by atoms with van der Waals surface area (Å²) in [4.78, 5) is 11.8. The molecule has 1 heterocycles. The second kappa shape index (κ2) is 5.95. The Labute approximate surface area is 147 Å². The maximum Gasteiger partial charge on any atom is 0.337 e. The molecule has 3 aromatic rings. The molecule has 1 aliphatic heterocycles. The highest BCUT2D eigenvalue weighted by Gasteiger charge is 2.49. The number of fused-ring (bicyclic) bond motifs is 1. The number of hydrogen-bond acceptors (Lipinski definition) is 3. The third-order valence-corrected chi connectivity index (χ3v) is 5.53. The van der Waals surface area contributed by atoms with E-state index in [1.165, 1.54) is 6.07 Å². The van der Waals surface area contributed by atoms with Gasteiger partial charge in [-0.15, -0.1) is 0 Å². The standard InChI is InChI=1S/C20H14O4S/c21-19(22)16-12-7-13-17-18(16)25(23)24-20(17,14-8-3-1-4-9-14)15-10-5-2-6-11-15/h1-13H,(H,21,22). The van der Waals surface area contributed by atoms with Crippen LogP contribution in [0.3, 0.4) is 0 Å². The molecule has 1 unspecified atom stereocenters. The number of benzene rings is 3. The molecule has 4 nitrogen and oxygen atoms in total. The highest BCUT2D eigenvalue weighted by molar-refractivity contribution is 7.80. The minimum atomic E-state index is -1.88. The number of carbonyl (C=O) groups is 1. The molecule has 5 heteroatoms. The molecule has 0 bridgehead atoms. The maximum atomic E-state index is 12.8. The zero-order valence-corrected chi connectivity index (χ0v) is 13.9. The first-order valence-electron chi connectivity index (χ1n) is 7.73. The Kier molecular flexibility index (Phi) is 3.75. The van der Waals surface area contributed by atoms with Crippen molar-refractivity contribution in [3.63, 3.8) is 0 Å². The van der Waals surface area contributed by atoms with Crippen LogP contribution in [0, 0.1) is 0 Å². The first-order valence-corrected chi connectivity index (χ1v) is 8.81. The van der Waals surface area contributed by atoms with Gasteiger partial charge in [0.1, 0.15) is 0 Å². The summed E-state index contributed by atoms with van der Waals surface area (Å²) >= 11 is -1.88. The molecule has 1 N–H and O–H groups in total. The number of carboxylic acids is 1. The van der Waals surface area contributed by atoms with Gasteiger partial charge in [0, 0.05) is 5.56 Å². The molecule has 0 amide bonds. The summed E-state index contributed by atoms with van der Waals surface area (Å²) in [5, 5.41) is 9.49. The van der Waals surface area contributed by atoms with E-state index in [2.05, 4.69) is 0 Å². The van der Waals surface area contributed by atoms with Gasteiger partial charge in [0.25, 0.3) is 0 Å². The van der Waals surface area contributed by atoms with Gasteiger partial charge in [0.05, 0.1) is 10.5 Å². The van der Waals surface area contributed by atoms with E-state index in [9.17, 15) is 14.1 Å². The van der Waals surface area contributed by atoms with E-state index in [4.69, 9.17) is 4.18 Å². The van der Waals surface area contributed by atoms with Crippen LogP contribution < -0.4 is 0 Å². The molecule has 25 heavy (non-hydrogen) atoms. The van der Waals surface area contributed by atoms with Gasteiger partial charge in [-0.05, 0) is 17.2 Å². The van der Waals surface area contributed by atoms with Gasteiger partial charge < -0.3 is 5.11 Å². The predicted octanol–water partition coefficient (Wildman–Crippen LogP) is 3.73. The lowest BCUT2D eigenvalue weighted by atomic mass is 9.80. The molecular weight excluding hydrogens is 336 g/mol. The highest BCUT2D eigenvalue weighted by Crippen LogP contribution is 2.49. The van der Waals surface area contributed by atoms with E-state index in [1.54, 1.807) is 12.1 Å². The summed E-state index contributed by atoms with van der Waals surface area (Å²) in [6.45, 7) is 0. The van der Waals surface area contributed by atoms with Crippen molar-refractivity contribution in [3.8, 4) is 0 Å². The quantitative estimate of drug-likeness (QED) is 0.782. The van der Waals surface area contributed by atoms with Crippen LogP contribution in [0.1, 0.15) is 27.0 Å². The van der Waals surface area contributed by atoms with Gasteiger partial charge in [0.15, 0.2) is 16.7 Å². The monoisotopic (exact) mass is 350 g/mol. The summed E-state index contributed by atoms with van der Waals surface area (Å²) in [6.07, 6.45) is 0. The first kappa shape index (κ1) is 15.7. The van der Waals surface area contributed by atoms with Gasteiger partial charge in [-0.25, -0.2) is 9.00 Å². The Morgan fingerprint density at radius 2 is 1.40 bits per heavy atom. The summed E-state index contributed by atoms with van der Waals surface area (Å²) in [5.74, 6) is -1.12. The van der Waals surface area contributed by atoms with Crippen molar-refractivity contribution in [1.29, 1.82) is 0 Å². The molecule has 4 rings (SSSR count). The van der Waals surface area contributed by atoms with Gasteiger partial charge in [0.2, 0.25) is 0 Å². The van der Waals surface area contributed by atoms with E-state index in [-0.39, 0.29) is 10.5 Å². The van der Waals surface area contributed by atoms with Crippen LogP contribution in [-0.4, -0.2) is 15.3 Å². The van der Waals surface area contributed by atoms with Gasteiger partial charge >= 0.3 is 5.97 Å². The Balaban J connectivity index is 2.09. The van der Waals surface area contributed by atoms with Crippen LogP contribution >= 0.6 is 0 Å². The van der Waals surface area contributed by atoms with Gasteiger partial charge in [-0.1, -0.05) is 72.8 Å². The van der Waals surface area contributed by atoms with Crippen LogP contribution in [-0.2, 0) is 20.9 Å². The Morgan fingerprint density at radius 3 is 1.92 bits per heavy atom. The zero-order chi connectivity index (χ0) is 17.4.